The lowest BCUT2D eigenvalue weighted by Gasteiger charge is -2.38. The largest absolute Gasteiger partial charge is 0.516 e. The van der Waals surface area contributed by atoms with Crippen LogP contribution in [0.1, 0.15) is 46.5 Å². The molecule has 4 heteroatoms. The van der Waals surface area contributed by atoms with Crippen LogP contribution in [0.15, 0.2) is 11.8 Å². The highest BCUT2D eigenvalue weighted by atomic mass is 16.5. The zero-order valence-electron chi connectivity index (χ0n) is 12.9. The molecule has 0 radical (unpaired) electrons. The van der Waals surface area contributed by atoms with Crippen LogP contribution in [-0.4, -0.2) is 24.0 Å². The van der Waals surface area contributed by atoms with Crippen LogP contribution in [0.5, 0.6) is 0 Å². The predicted molar refractivity (Wildman–Crippen MR) is 77.2 cm³/mol. The summed E-state index contributed by atoms with van der Waals surface area (Å²) in [4.78, 5) is 22.9. The van der Waals surface area contributed by atoms with Gasteiger partial charge in [0, 0.05) is 6.42 Å². The zero-order valence-corrected chi connectivity index (χ0v) is 12.9. The number of esters is 1. The Balaban J connectivity index is 2.88. The van der Waals surface area contributed by atoms with Crippen LogP contribution in [0.4, 0.5) is 0 Å². The number of allylic oxidation sites excluding steroid dienone is 1. The molecule has 1 saturated carbocycles. The first-order valence-electron chi connectivity index (χ1n) is 7.33. The summed E-state index contributed by atoms with van der Waals surface area (Å²) in [6.45, 7) is 5.58. The van der Waals surface area contributed by atoms with Crippen molar-refractivity contribution in [1.82, 2.24) is 0 Å². The van der Waals surface area contributed by atoms with Crippen LogP contribution in [0, 0.1) is 23.7 Å². The lowest BCUT2D eigenvalue weighted by Crippen LogP contribution is -2.33. The molecule has 4 unspecified atom stereocenters. The molecule has 1 fully saturated rings. The fraction of sp³-hybridized carbons (Fsp3) is 0.750. The minimum absolute atomic E-state index is 0.0145. The molecule has 0 bridgehead atoms. The fourth-order valence-corrected chi connectivity index (χ4v) is 3.30. The molecule has 1 N–H and O–H groups in total. The average Bonchev–Trinajstić information content (AvgIpc) is 2.43. The minimum Gasteiger partial charge on any atom is -0.516 e. The molecule has 1 aliphatic carbocycles. The van der Waals surface area contributed by atoms with Gasteiger partial charge in [0.25, 0.3) is 0 Å². The Morgan fingerprint density at radius 2 is 2.10 bits per heavy atom. The van der Waals surface area contributed by atoms with Gasteiger partial charge >= 0.3 is 5.97 Å². The molecule has 0 aromatic heterocycles. The maximum absolute atomic E-state index is 11.7. The quantitative estimate of drug-likeness (QED) is 0.621. The van der Waals surface area contributed by atoms with Crippen LogP contribution < -0.4 is 0 Å². The van der Waals surface area contributed by atoms with Crippen molar-refractivity contribution in [2.24, 2.45) is 23.7 Å². The second kappa shape index (κ2) is 7.46. The lowest BCUT2D eigenvalue weighted by atomic mass is 9.66. The van der Waals surface area contributed by atoms with E-state index < -0.39 is 0 Å². The smallest absolute Gasteiger partial charge is 0.308 e. The molecule has 0 aromatic carbocycles. The first-order valence-corrected chi connectivity index (χ1v) is 7.33. The third kappa shape index (κ3) is 3.84. The number of ether oxygens (including phenoxy) is 1. The van der Waals surface area contributed by atoms with Gasteiger partial charge in [0.2, 0.25) is 0 Å². The number of carbonyl (C=O) groups is 2. The highest BCUT2D eigenvalue weighted by Gasteiger charge is 2.37. The second-order valence-corrected chi connectivity index (χ2v) is 5.95. The number of methoxy groups -OCH3 is 1. The van der Waals surface area contributed by atoms with E-state index >= 15 is 0 Å². The van der Waals surface area contributed by atoms with Crippen molar-refractivity contribution in [3.8, 4) is 0 Å². The summed E-state index contributed by atoms with van der Waals surface area (Å²) in [5.41, 5.74) is 0.905. The number of rotatable bonds is 5. The Labute approximate surface area is 121 Å². The summed E-state index contributed by atoms with van der Waals surface area (Å²) >= 11 is 0. The first kappa shape index (κ1) is 16.7. The van der Waals surface area contributed by atoms with Crippen LogP contribution in [0.2, 0.25) is 0 Å². The van der Waals surface area contributed by atoms with E-state index in [2.05, 4.69) is 6.92 Å². The molecule has 1 rings (SSSR count). The second-order valence-electron chi connectivity index (χ2n) is 5.95. The van der Waals surface area contributed by atoms with Crippen LogP contribution in [-0.2, 0) is 14.3 Å². The number of hydrogen-bond donors (Lipinski definition) is 1. The highest BCUT2D eigenvalue weighted by molar-refractivity contribution is 5.75. The molecule has 0 saturated heterocycles. The van der Waals surface area contributed by atoms with Crippen LogP contribution in [0.3, 0.4) is 0 Å². The van der Waals surface area contributed by atoms with Gasteiger partial charge in [-0.1, -0.05) is 13.8 Å². The Kier molecular flexibility index (Phi) is 6.24. The van der Waals surface area contributed by atoms with Gasteiger partial charge < -0.3 is 14.6 Å². The molecule has 0 heterocycles. The van der Waals surface area contributed by atoms with Crippen molar-refractivity contribution in [1.29, 1.82) is 0 Å². The van der Waals surface area contributed by atoms with Gasteiger partial charge in [0.05, 0.1) is 19.3 Å². The average molecular weight is 282 g/mol. The molecular weight excluding hydrogens is 256 g/mol. The van der Waals surface area contributed by atoms with E-state index in [4.69, 9.17) is 4.74 Å². The summed E-state index contributed by atoms with van der Waals surface area (Å²) in [7, 11) is 1.39. The summed E-state index contributed by atoms with van der Waals surface area (Å²) < 4.78 is 4.82. The van der Waals surface area contributed by atoms with E-state index in [0.29, 0.717) is 12.3 Å². The standard InChI is InChI=1S/C16H26O4/c1-10-5-7-14(12(3)16(19)20-4)15(9-17)13(10)8-6-11(2)18/h9-10,12-14,17H,5-8H2,1-4H3/b15-9-. The Morgan fingerprint density at radius 1 is 1.45 bits per heavy atom. The van der Waals surface area contributed by atoms with Crippen molar-refractivity contribution in [2.45, 2.75) is 46.5 Å². The van der Waals surface area contributed by atoms with Crippen molar-refractivity contribution < 1.29 is 19.4 Å². The van der Waals surface area contributed by atoms with Gasteiger partial charge in [-0.15, -0.1) is 0 Å². The number of aliphatic hydroxyl groups is 1. The normalized spacial score (nSPS) is 30.0. The maximum atomic E-state index is 11.7. The van der Waals surface area contributed by atoms with E-state index in [1.165, 1.54) is 7.11 Å². The van der Waals surface area contributed by atoms with E-state index in [0.717, 1.165) is 31.1 Å². The Hall–Kier alpha value is -1.32. The summed E-state index contributed by atoms with van der Waals surface area (Å²) in [6.07, 6.45) is 4.30. The van der Waals surface area contributed by atoms with Gasteiger partial charge in [0.15, 0.2) is 0 Å². The molecule has 0 amide bonds. The van der Waals surface area contributed by atoms with Crippen LogP contribution >= 0.6 is 0 Å². The summed E-state index contributed by atoms with van der Waals surface area (Å²) in [5.74, 6) is 0.279. The van der Waals surface area contributed by atoms with E-state index in [-0.39, 0.29) is 29.5 Å². The third-order valence-corrected chi connectivity index (χ3v) is 4.61. The van der Waals surface area contributed by atoms with Gasteiger partial charge in [-0.25, -0.2) is 0 Å². The third-order valence-electron chi connectivity index (χ3n) is 4.61. The number of aliphatic hydroxyl groups excluding tert-OH is 1. The monoisotopic (exact) mass is 282 g/mol. The molecule has 0 aromatic rings. The summed E-state index contributed by atoms with van der Waals surface area (Å²) in [6, 6.07) is 0. The lowest BCUT2D eigenvalue weighted by molar-refractivity contribution is -0.146. The van der Waals surface area contributed by atoms with Gasteiger partial charge in [-0.3, -0.25) is 4.79 Å². The van der Waals surface area contributed by atoms with E-state index in [9.17, 15) is 14.7 Å². The predicted octanol–water partition coefficient (Wildman–Crippen LogP) is 3.27. The number of carbonyl (C=O) groups excluding carboxylic acids is 2. The van der Waals surface area contributed by atoms with Crippen molar-refractivity contribution >= 4 is 11.8 Å². The molecule has 4 nitrogen and oxygen atoms in total. The van der Waals surface area contributed by atoms with Crippen molar-refractivity contribution in [2.75, 3.05) is 7.11 Å². The summed E-state index contributed by atoms with van der Waals surface area (Å²) in [5, 5.41) is 9.62. The fourth-order valence-electron chi connectivity index (χ4n) is 3.30. The van der Waals surface area contributed by atoms with Gasteiger partial charge in [-0.05, 0) is 49.5 Å². The Bertz CT molecular complexity index is 386. The molecule has 1 aliphatic rings. The minimum atomic E-state index is -0.259. The first-order chi connectivity index (χ1) is 9.42. The Morgan fingerprint density at radius 3 is 2.60 bits per heavy atom. The maximum Gasteiger partial charge on any atom is 0.308 e. The van der Waals surface area contributed by atoms with Crippen molar-refractivity contribution in [3.63, 3.8) is 0 Å². The molecule has 114 valence electrons. The van der Waals surface area contributed by atoms with E-state index in [1.54, 1.807) is 6.92 Å². The zero-order chi connectivity index (χ0) is 15.3. The van der Waals surface area contributed by atoms with Crippen LogP contribution in [0.25, 0.3) is 0 Å². The molecule has 0 spiro atoms. The van der Waals surface area contributed by atoms with Gasteiger partial charge in [0.1, 0.15) is 5.78 Å². The number of Topliss-reactive ketones (excluding diaryl/α,β-unsaturated/α-hetero) is 1. The molecule has 0 aliphatic heterocycles. The number of ketones is 1. The molecule has 20 heavy (non-hydrogen) atoms. The molecular formula is C16H26O4. The number of hydrogen-bond acceptors (Lipinski definition) is 4. The highest BCUT2D eigenvalue weighted by Crippen LogP contribution is 2.43. The molecule has 4 atom stereocenters. The van der Waals surface area contributed by atoms with Crippen molar-refractivity contribution in [3.05, 3.63) is 11.8 Å². The van der Waals surface area contributed by atoms with E-state index in [1.807, 2.05) is 6.92 Å². The topological polar surface area (TPSA) is 63.6 Å². The SMILES string of the molecule is COC(=O)C(C)C1CCC(C)C(CCC(C)=O)/C1=C/O. The van der Waals surface area contributed by atoms with Gasteiger partial charge in [-0.2, -0.15) is 0 Å².